The summed E-state index contributed by atoms with van der Waals surface area (Å²) in [6.07, 6.45) is 2.54. The van der Waals surface area contributed by atoms with E-state index in [2.05, 4.69) is 8.92 Å². The van der Waals surface area contributed by atoms with Gasteiger partial charge in [0.25, 0.3) is 0 Å². The SMILES string of the molecule is CCOC(=O)C(CCC1CCCC1)OS(=O)(=O)C(F)(F)F. The van der Waals surface area contributed by atoms with Gasteiger partial charge in [0.2, 0.25) is 0 Å². The molecule has 1 aliphatic rings. The van der Waals surface area contributed by atoms with E-state index in [9.17, 15) is 26.4 Å². The number of carbonyl (C=O) groups excluding carboxylic acids is 1. The fraction of sp³-hybridized carbons (Fsp3) is 0.917. The predicted molar refractivity (Wildman–Crippen MR) is 67.7 cm³/mol. The third-order valence-corrected chi connectivity index (χ3v) is 4.44. The minimum atomic E-state index is -5.81. The Morgan fingerprint density at radius 1 is 1.29 bits per heavy atom. The van der Waals surface area contributed by atoms with E-state index in [-0.39, 0.29) is 13.0 Å². The largest absolute Gasteiger partial charge is 0.523 e. The highest BCUT2D eigenvalue weighted by Gasteiger charge is 2.49. The Balaban J connectivity index is 2.70. The van der Waals surface area contributed by atoms with Crippen LogP contribution >= 0.6 is 0 Å². The molecule has 0 aromatic carbocycles. The molecule has 1 unspecified atom stereocenters. The molecule has 1 saturated carbocycles. The quantitative estimate of drug-likeness (QED) is 0.407. The molecule has 1 rings (SSSR count). The summed E-state index contributed by atoms with van der Waals surface area (Å²) in [6, 6.07) is 0. The van der Waals surface area contributed by atoms with Gasteiger partial charge in [0.15, 0.2) is 6.10 Å². The van der Waals surface area contributed by atoms with Gasteiger partial charge >= 0.3 is 21.6 Å². The van der Waals surface area contributed by atoms with Gasteiger partial charge in [0.05, 0.1) is 6.61 Å². The van der Waals surface area contributed by atoms with Gasteiger partial charge in [-0.05, 0) is 25.7 Å². The van der Waals surface area contributed by atoms with Crippen LogP contribution in [0, 0.1) is 5.92 Å². The molecular weight excluding hydrogens is 313 g/mol. The molecule has 0 aromatic rings. The van der Waals surface area contributed by atoms with Gasteiger partial charge in [0.1, 0.15) is 0 Å². The molecule has 0 amide bonds. The molecule has 0 aromatic heterocycles. The van der Waals surface area contributed by atoms with Crippen molar-refractivity contribution in [2.75, 3.05) is 6.61 Å². The predicted octanol–water partition coefficient (Wildman–Crippen LogP) is 2.75. The molecule has 0 bridgehead atoms. The van der Waals surface area contributed by atoms with Crippen LogP contribution in [0.1, 0.15) is 45.4 Å². The zero-order chi connectivity index (χ0) is 16.1. The van der Waals surface area contributed by atoms with Crippen molar-refractivity contribution in [2.24, 2.45) is 5.92 Å². The smallest absolute Gasteiger partial charge is 0.464 e. The summed E-state index contributed by atoms with van der Waals surface area (Å²) in [5, 5.41) is 0. The Kier molecular flexibility index (Phi) is 6.45. The number of alkyl halides is 3. The fourth-order valence-electron chi connectivity index (χ4n) is 2.33. The Morgan fingerprint density at radius 2 is 1.86 bits per heavy atom. The molecule has 0 heterocycles. The van der Waals surface area contributed by atoms with Crippen LogP contribution in [-0.2, 0) is 23.8 Å². The lowest BCUT2D eigenvalue weighted by molar-refractivity contribution is -0.152. The van der Waals surface area contributed by atoms with Crippen LogP contribution in [0.25, 0.3) is 0 Å². The van der Waals surface area contributed by atoms with Crippen molar-refractivity contribution in [1.82, 2.24) is 0 Å². The van der Waals surface area contributed by atoms with Crippen LogP contribution in [0.3, 0.4) is 0 Å². The van der Waals surface area contributed by atoms with E-state index in [1.165, 1.54) is 6.92 Å². The fourth-order valence-corrected chi connectivity index (χ4v) is 2.92. The zero-order valence-corrected chi connectivity index (χ0v) is 12.5. The molecule has 0 radical (unpaired) electrons. The van der Waals surface area contributed by atoms with Crippen molar-refractivity contribution in [1.29, 1.82) is 0 Å². The molecule has 0 saturated heterocycles. The Hall–Kier alpha value is -0.830. The van der Waals surface area contributed by atoms with Gasteiger partial charge in [-0.2, -0.15) is 21.6 Å². The minimum absolute atomic E-state index is 0.0613. The number of carbonyl (C=O) groups is 1. The van der Waals surface area contributed by atoms with Crippen molar-refractivity contribution >= 4 is 16.1 Å². The van der Waals surface area contributed by atoms with E-state index in [0.717, 1.165) is 25.7 Å². The molecule has 9 heteroatoms. The van der Waals surface area contributed by atoms with E-state index >= 15 is 0 Å². The second-order valence-corrected chi connectivity index (χ2v) is 6.53. The monoisotopic (exact) mass is 332 g/mol. The van der Waals surface area contributed by atoms with Crippen molar-refractivity contribution in [2.45, 2.75) is 57.1 Å². The van der Waals surface area contributed by atoms with E-state index < -0.39 is 27.7 Å². The number of halogens is 3. The van der Waals surface area contributed by atoms with Gasteiger partial charge < -0.3 is 4.74 Å². The third-order valence-electron chi connectivity index (χ3n) is 3.39. The van der Waals surface area contributed by atoms with Crippen LogP contribution < -0.4 is 0 Å². The number of ether oxygens (including phenoxy) is 1. The summed E-state index contributed by atoms with van der Waals surface area (Å²) in [6.45, 7) is 1.42. The summed E-state index contributed by atoms with van der Waals surface area (Å²) in [5.74, 6) is -0.789. The van der Waals surface area contributed by atoms with E-state index in [4.69, 9.17) is 0 Å². The maximum Gasteiger partial charge on any atom is 0.523 e. The zero-order valence-electron chi connectivity index (χ0n) is 11.7. The average molecular weight is 332 g/mol. The molecule has 0 aliphatic heterocycles. The van der Waals surface area contributed by atoms with Gasteiger partial charge in [-0.3, -0.25) is 0 Å². The summed E-state index contributed by atoms with van der Waals surface area (Å²) >= 11 is 0. The van der Waals surface area contributed by atoms with Crippen LogP contribution in [0.2, 0.25) is 0 Å². The number of hydrogen-bond acceptors (Lipinski definition) is 5. The summed E-state index contributed by atoms with van der Waals surface area (Å²) < 4.78 is 67.6. The Bertz CT molecular complexity index is 440. The maximum absolute atomic E-state index is 12.3. The standard InChI is InChI=1S/C12H19F3O5S/c1-2-19-11(16)10(8-7-9-5-3-4-6-9)20-21(17,18)12(13,14)15/h9-10H,2-8H2,1H3. The van der Waals surface area contributed by atoms with Crippen LogP contribution in [0.4, 0.5) is 13.2 Å². The molecule has 0 spiro atoms. The first-order valence-electron chi connectivity index (χ1n) is 6.83. The van der Waals surface area contributed by atoms with Crippen molar-refractivity contribution in [3.8, 4) is 0 Å². The topological polar surface area (TPSA) is 69.7 Å². The summed E-state index contributed by atoms with van der Waals surface area (Å²) in [4.78, 5) is 11.6. The molecule has 1 atom stereocenters. The van der Waals surface area contributed by atoms with Gasteiger partial charge in [0, 0.05) is 0 Å². The van der Waals surface area contributed by atoms with Crippen molar-refractivity contribution in [3.05, 3.63) is 0 Å². The van der Waals surface area contributed by atoms with E-state index in [1.54, 1.807) is 0 Å². The average Bonchev–Trinajstić information content (AvgIpc) is 2.86. The first-order valence-corrected chi connectivity index (χ1v) is 8.24. The lowest BCUT2D eigenvalue weighted by Gasteiger charge is -2.18. The van der Waals surface area contributed by atoms with Gasteiger partial charge in [-0.15, -0.1) is 0 Å². The van der Waals surface area contributed by atoms with E-state index in [0.29, 0.717) is 12.3 Å². The molecule has 0 N–H and O–H groups in total. The Morgan fingerprint density at radius 3 is 2.33 bits per heavy atom. The first-order chi connectivity index (χ1) is 9.67. The number of esters is 1. The van der Waals surface area contributed by atoms with Crippen molar-refractivity contribution in [3.63, 3.8) is 0 Å². The van der Waals surface area contributed by atoms with Crippen LogP contribution in [-0.4, -0.2) is 32.6 Å². The second-order valence-electron chi connectivity index (χ2n) is 4.96. The van der Waals surface area contributed by atoms with Gasteiger partial charge in [-0.1, -0.05) is 25.7 Å². The summed E-state index contributed by atoms with van der Waals surface area (Å²) in [7, 11) is -5.81. The first kappa shape index (κ1) is 18.2. The van der Waals surface area contributed by atoms with Crippen LogP contribution in [0.15, 0.2) is 0 Å². The molecule has 5 nitrogen and oxygen atoms in total. The lowest BCUT2D eigenvalue weighted by atomic mass is 10.00. The molecular formula is C12H19F3O5S. The molecule has 124 valence electrons. The molecule has 1 fully saturated rings. The number of hydrogen-bond donors (Lipinski definition) is 0. The number of rotatable bonds is 7. The van der Waals surface area contributed by atoms with Crippen LogP contribution in [0.5, 0.6) is 0 Å². The highest BCUT2D eigenvalue weighted by Crippen LogP contribution is 2.31. The van der Waals surface area contributed by atoms with Gasteiger partial charge in [-0.25, -0.2) is 8.98 Å². The lowest BCUT2D eigenvalue weighted by Crippen LogP contribution is -2.35. The molecule has 1 aliphatic carbocycles. The summed E-state index contributed by atoms with van der Waals surface area (Å²) in [5.41, 5.74) is -5.55. The minimum Gasteiger partial charge on any atom is -0.464 e. The third kappa shape index (κ3) is 5.46. The van der Waals surface area contributed by atoms with E-state index in [1.807, 2.05) is 0 Å². The maximum atomic E-state index is 12.3. The second kappa shape index (κ2) is 7.44. The molecule has 21 heavy (non-hydrogen) atoms. The Labute approximate surface area is 121 Å². The highest BCUT2D eigenvalue weighted by molar-refractivity contribution is 7.87. The highest BCUT2D eigenvalue weighted by atomic mass is 32.2. The van der Waals surface area contributed by atoms with Crippen molar-refractivity contribution < 1.29 is 35.3 Å². The normalized spacial score (nSPS) is 18.7.